The van der Waals surface area contributed by atoms with Gasteiger partial charge in [-0.25, -0.2) is 9.13 Å². The van der Waals surface area contributed by atoms with Gasteiger partial charge >= 0.3 is 33.6 Å². The molecule has 0 heterocycles. The van der Waals surface area contributed by atoms with Crippen LogP contribution in [0.5, 0.6) is 0 Å². The first-order valence-corrected chi connectivity index (χ1v) is 38.2. The molecule has 5 unspecified atom stereocenters. The lowest BCUT2D eigenvalue weighted by Crippen LogP contribution is -2.30. The van der Waals surface area contributed by atoms with Gasteiger partial charge in [0.15, 0.2) is 6.10 Å². The van der Waals surface area contributed by atoms with Crippen molar-refractivity contribution in [3.63, 3.8) is 0 Å². The van der Waals surface area contributed by atoms with Crippen molar-refractivity contribution in [2.24, 2.45) is 0 Å². The lowest BCUT2D eigenvalue weighted by molar-refractivity contribution is -0.161. The molecule has 0 saturated heterocycles. The number of aliphatic hydroxyl groups excluding tert-OH is 2. The van der Waals surface area contributed by atoms with Crippen LogP contribution < -0.4 is 0 Å². The molecule has 0 aliphatic heterocycles. The average molecular weight is 1320 g/mol. The van der Waals surface area contributed by atoms with E-state index in [2.05, 4.69) is 130 Å². The highest BCUT2D eigenvalue weighted by Crippen LogP contribution is 2.45. The van der Waals surface area contributed by atoms with Crippen LogP contribution in [0.1, 0.15) is 278 Å². The first-order chi connectivity index (χ1) is 44.2. The molecule has 0 bridgehead atoms. The van der Waals surface area contributed by atoms with Gasteiger partial charge in [-0.3, -0.25) is 32.5 Å². The predicted molar refractivity (Wildman–Crippen MR) is 371 cm³/mol. The molecule has 0 amide bonds. The third-order valence-electron chi connectivity index (χ3n) is 14.5. The monoisotopic (exact) mass is 1320 g/mol. The van der Waals surface area contributed by atoms with Crippen molar-refractivity contribution in [1.82, 2.24) is 0 Å². The third-order valence-corrected chi connectivity index (χ3v) is 16.4. The molecule has 524 valence electrons. The van der Waals surface area contributed by atoms with Gasteiger partial charge in [-0.05, 0) is 122 Å². The highest BCUT2D eigenvalue weighted by atomic mass is 31.2. The Morgan fingerprint density at radius 1 is 0.319 bits per heavy atom. The van der Waals surface area contributed by atoms with Gasteiger partial charge in [0.05, 0.1) is 26.4 Å². The molecule has 16 nitrogen and oxygen atoms in total. The van der Waals surface area contributed by atoms with Crippen molar-refractivity contribution in [1.29, 1.82) is 0 Å². The lowest BCUT2D eigenvalue weighted by atomic mass is 10.1. The van der Waals surface area contributed by atoms with E-state index in [0.717, 1.165) is 154 Å². The molecule has 4 N–H and O–H groups in total. The Kier molecular flexibility index (Phi) is 63.5. The molecule has 0 aliphatic rings. The van der Waals surface area contributed by atoms with E-state index >= 15 is 0 Å². The Hall–Kier alpha value is -3.79. The minimum atomic E-state index is -4.93. The zero-order valence-corrected chi connectivity index (χ0v) is 58.5. The summed E-state index contributed by atoms with van der Waals surface area (Å²) in [5.41, 5.74) is 0. The van der Waals surface area contributed by atoms with Gasteiger partial charge in [-0.15, -0.1) is 0 Å². The number of unbranched alkanes of at least 4 members (excludes halogenated alkanes) is 25. The van der Waals surface area contributed by atoms with E-state index in [1.165, 1.54) is 64.2 Å². The van der Waals surface area contributed by atoms with Crippen molar-refractivity contribution in [2.45, 2.75) is 296 Å². The number of rotatable bonds is 66. The number of carbonyl (C=O) groups excluding carboxylic acids is 3. The van der Waals surface area contributed by atoms with Crippen LogP contribution in [0.2, 0.25) is 0 Å². The molecular weight excluding hydrogens is 1190 g/mol. The quantitative estimate of drug-likeness (QED) is 0.0146. The summed E-state index contributed by atoms with van der Waals surface area (Å²) in [7, 11) is -9.78. The number of phosphoric ester groups is 2. The maximum Gasteiger partial charge on any atom is 0.472 e. The maximum atomic E-state index is 12.9. The van der Waals surface area contributed by atoms with Crippen LogP contribution in [-0.2, 0) is 55.8 Å². The van der Waals surface area contributed by atoms with E-state index in [-0.39, 0.29) is 19.3 Å². The maximum absolute atomic E-state index is 12.9. The van der Waals surface area contributed by atoms with Gasteiger partial charge in [-0.1, -0.05) is 246 Å². The van der Waals surface area contributed by atoms with E-state index < -0.39 is 91.5 Å². The average Bonchev–Trinajstić information content (AvgIpc) is 3.08. The van der Waals surface area contributed by atoms with Gasteiger partial charge in [0, 0.05) is 19.3 Å². The summed E-state index contributed by atoms with van der Waals surface area (Å²) in [4.78, 5) is 58.4. The second-order valence-electron chi connectivity index (χ2n) is 23.3. The molecule has 0 spiro atoms. The summed E-state index contributed by atoms with van der Waals surface area (Å²) >= 11 is 0. The van der Waals surface area contributed by atoms with Gasteiger partial charge < -0.3 is 34.2 Å². The van der Waals surface area contributed by atoms with Gasteiger partial charge in [0.1, 0.15) is 25.4 Å². The fraction of sp³-hybridized carbons (Fsp3) is 0.712. The van der Waals surface area contributed by atoms with E-state index in [4.69, 9.17) is 32.3 Å². The number of allylic oxidation sites excluding steroid dienone is 18. The zero-order chi connectivity index (χ0) is 66.7. The fourth-order valence-corrected chi connectivity index (χ4v) is 10.7. The second kappa shape index (κ2) is 66.2. The molecule has 18 heteroatoms. The van der Waals surface area contributed by atoms with Crippen molar-refractivity contribution >= 4 is 33.6 Å². The van der Waals surface area contributed by atoms with Gasteiger partial charge in [0.2, 0.25) is 0 Å². The Morgan fingerprint density at radius 2 is 0.582 bits per heavy atom. The zero-order valence-electron chi connectivity index (χ0n) is 56.7. The summed E-state index contributed by atoms with van der Waals surface area (Å²) in [5, 5.41) is 20.6. The molecule has 5 atom stereocenters. The molecule has 0 aromatic heterocycles. The van der Waals surface area contributed by atoms with E-state index in [1.807, 2.05) is 0 Å². The van der Waals surface area contributed by atoms with E-state index in [9.17, 15) is 43.5 Å². The van der Waals surface area contributed by atoms with E-state index in [1.54, 1.807) is 0 Å². The second-order valence-corrected chi connectivity index (χ2v) is 26.2. The Labute approximate surface area is 551 Å². The van der Waals surface area contributed by atoms with Crippen molar-refractivity contribution < 1.29 is 75.8 Å². The largest absolute Gasteiger partial charge is 0.472 e. The lowest BCUT2D eigenvalue weighted by Gasteiger charge is -2.21. The molecule has 0 aliphatic carbocycles. The summed E-state index contributed by atoms with van der Waals surface area (Å²) in [6, 6.07) is 0. The van der Waals surface area contributed by atoms with Gasteiger partial charge in [0.25, 0.3) is 0 Å². The molecule has 0 radical (unpaired) electrons. The number of hydrogen-bond acceptors (Lipinski definition) is 14. The molecule has 0 rings (SSSR count). The van der Waals surface area contributed by atoms with Crippen LogP contribution in [0.25, 0.3) is 0 Å². The highest BCUT2D eigenvalue weighted by molar-refractivity contribution is 7.47. The van der Waals surface area contributed by atoms with Crippen LogP contribution >= 0.6 is 15.6 Å². The number of aliphatic hydroxyl groups is 2. The van der Waals surface area contributed by atoms with E-state index in [0.29, 0.717) is 19.3 Å². The molecule has 0 saturated carbocycles. The molecular formula is C73H126O16P2. The van der Waals surface area contributed by atoms with Crippen LogP contribution in [0, 0.1) is 0 Å². The number of phosphoric acid groups is 2. The SMILES string of the molecule is CC/C=C\C/C=C\C/C=C\C/C=C\C/C=C\CCCCCCCCCCCC(=O)OCC(O)COP(=O)(O)OCC(O)COP(=O)(O)OCC(COC(=O)CCCCCCC/C=C\C/C=C\C/C=C\CC)OC(=O)CCCCCCC/C=C\CCCCCCCC. The minimum absolute atomic E-state index is 0.0900. The first kappa shape index (κ1) is 87.2. The number of carbonyl (C=O) groups is 3. The van der Waals surface area contributed by atoms with Crippen LogP contribution in [0.3, 0.4) is 0 Å². The van der Waals surface area contributed by atoms with Crippen LogP contribution in [-0.4, -0.2) is 95.9 Å². The third kappa shape index (κ3) is 67.4. The smallest absolute Gasteiger partial charge is 0.463 e. The Balaban J connectivity index is 4.58. The van der Waals surface area contributed by atoms with Crippen molar-refractivity contribution in [3.05, 3.63) is 109 Å². The van der Waals surface area contributed by atoms with Crippen LogP contribution in [0.15, 0.2) is 109 Å². The summed E-state index contributed by atoms with van der Waals surface area (Å²) in [5.74, 6) is -1.61. The summed E-state index contributed by atoms with van der Waals surface area (Å²) in [6.45, 7) is 2.41. The summed E-state index contributed by atoms with van der Waals surface area (Å²) < 4.78 is 60.9. The normalized spacial score (nSPS) is 14.8. The molecule has 0 aromatic rings. The minimum Gasteiger partial charge on any atom is -0.463 e. The Morgan fingerprint density at radius 3 is 0.934 bits per heavy atom. The number of esters is 3. The Bertz CT molecular complexity index is 2100. The number of ether oxygens (including phenoxy) is 3. The summed E-state index contributed by atoms with van der Waals surface area (Å²) in [6.07, 6.45) is 74.3. The highest BCUT2D eigenvalue weighted by Gasteiger charge is 2.29. The topological polar surface area (TPSA) is 231 Å². The fourth-order valence-electron chi connectivity index (χ4n) is 9.14. The molecule has 0 aromatic carbocycles. The van der Waals surface area contributed by atoms with Crippen molar-refractivity contribution in [3.8, 4) is 0 Å². The predicted octanol–water partition coefficient (Wildman–Crippen LogP) is 19.6. The number of hydrogen-bond donors (Lipinski definition) is 4. The van der Waals surface area contributed by atoms with Gasteiger partial charge in [-0.2, -0.15) is 0 Å². The first-order valence-electron chi connectivity index (χ1n) is 35.2. The standard InChI is InChI=1S/C73H126O16P2/c1-4-7-10-13-16-19-22-25-28-29-30-31-32-33-34-35-36-37-40-42-44-47-50-53-56-59-71(76)83-62-68(74)63-85-90(79,80)86-64-69(75)65-87-91(81,82)88-67-70(89-73(78)61-58-55-52-49-46-43-39-27-24-21-18-15-12-9-6-3)66-84-72(77)60-57-54-51-48-45-41-38-26-23-20-17-14-11-8-5-2/h7-8,10-11,16-17,19-20,25-28,30-31,33-34,38-39,68-70,74-75H,4-6,9,12-15,18,21-24,29,32,35-37,40-67H2,1-3H3,(H,79,80)(H,81,82)/b10-7-,11-8-,19-16-,20-17-,28-25-,31-30-,34-33-,38-26-,39-27-. The van der Waals surface area contributed by atoms with Crippen LogP contribution in [0.4, 0.5) is 0 Å². The molecule has 91 heavy (non-hydrogen) atoms. The molecule has 0 fully saturated rings. The van der Waals surface area contributed by atoms with Crippen molar-refractivity contribution in [2.75, 3.05) is 39.6 Å².